The summed E-state index contributed by atoms with van der Waals surface area (Å²) in [5.74, 6) is 1.51. The van der Waals surface area contributed by atoms with Gasteiger partial charge in [-0.05, 0) is 222 Å². The summed E-state index contributed by atoms with van der Waals surface area (Å²) >= 11 is 0. The van der Waals surface area contributed by atoms with Crippen molar-refractivity contribution in [3.05, 3.63) is 484 Å². The van der Waals surface area contributed by atoms with Crippen molar-refractivity contribution in [2.75, 3.05) is 69.8 Å². The first-order valence-corrected chi connectivity index (χ1v) is 53.5. The van der Waals surface area contributed by atoms with Gasteiger partial charge in [-0.2, -0.15) is 13.7 Å². The highest BCUT2D eigenvalue weighted by Gasteiger charge is 2.33. The molecule has 2 aliphatic carbocycles. The molecule has 0 amide bonds. The number of hydrogen-bond acceptors (Lipinski definition) is 8. The summed E-state index contributed by atoms with van der Waals surface area (Å²) in [6.45, 7) is 17.8. The van der Waals surface area contributed by atoms with Crippen molar-refractivity contribution in [2.45, 2.75) is 159 Å². The summed E-state index contributed by atoms with van der Waals surface area (Å²) in [4.78, 5) is 14.1. The SMILES string of the molecule is C.C.C1=CC(=[N+](c2ccc(N(c3ccccc3)c3ccccc3)cc2)c2ccc(N(c3ccccc3)c3ccccc3)cc2)C=CC1=[N+](c1ccc(N(c2ccccc2)c2ccccc2)cc1)c1ccc(N(c2ccccc2)c2ccccc2)cc1.CCCCCCN(CCCCCC)c1ccc([N+](=C2C=CC(=[N+](CCCCCC)CCCCCC)C=C2)c2cc(OC)c(N(c3ccc(C)cc3)c3ccc(C)cc3)cc2OC)cc1. The van der Waals surface area contributed by atoms with Crippen molar-refractivity contribution in [3.8, 4) is 11.5 Å². The highest BCUT2D eigenvalue weighted by atomic mass is 16.5. The number of ether oxygens (including phenoxy) is 2. The van der Waals surface area contributed by atoms with Crippen LogP contribution in [0.15, 0.2) is 473 Å². The highest BCUT2D eigenvalue weighted by molar-refractivity contribution is 6.21. The molecule has 2 aliphatic rings. The van der Waals surface area contributed by atoms with Crippen LogP contribution in [0.2, 0.25) is 0 Å². The fraction of sp³-hybridized carbons (Fsp3) is 0.217. The minimum Gasteiger partial charge on any atom is -0.494 e. The number of para-hydroxylation sites is 8. The van der Waals surface area contributed by atoms with Crippen LogP contribution in [0.1, 0.15) is 156 Å². The largest absolute Gasteiger partial charge is 0.494 e. The lowest BCUT2D eigenvalue weighted by molar-refractivity contribution is -0.527. The molecular formula is C138H150N10O2+4. The van der Waals surface area contributed by atoms with Gasteiger partial charge in [-0.15, -0.1) is 0 Å². The van der Waals surface area contributed by atoms with Crippen LogP contribution in [0.3, 0.4) is 0 Å². The Morgan fingerprint density at radius 1 is 0.207 bits per heavy atom. The van der Waals surface area contributed by atoms with Gasteiger partial charge in [0.2, 0.25) is 45.6 Å². The summed E-state index contributed by atoms with van der Waals surface area (Å²) in [5.41, 5.74) is 30.1. The van der Waals surface area contributed by atoms with E-state index in [4.69, 9.17) is 9.47 Å². The van der Waals surface area contributed by atoms with Gasteiger partial charge < -0.3 is 38.9 Å². The molecular weight excluding hydrogens is 1830 g/mol. The fourth-order valence-electron chi connectivity index (χ4n) is 19.8. The first kappa shape index (κ1) is 108. The number of allylic oxidation sites excluding steroid dienone is 8. The van der Waals surface area contributed by atoms with E-state index < -0.39 is 0 Å². The van der Waals surface area contributed by atoms with E-state index >= 15 is 0 Å². The van der Waals surface area contributed by atoms with E-state index in [9.17, 15) is 0 Å². The second kappa shape index (κ2) is 55.4. The summed E-state index contributed by atoms with van der Waals surface area (Å²) in [6.07, 6.45) is 38.4. The van der Waals surface area contributed by atoms with Gasteiger partial charge in [0.25, 0.3) is 5.69 Å². The van der Waals surface area contributed by atoms with E-state index in [1.807, 2.05) is 0 Å². The molecule has 0 aliphatic heterocycles. The lowest BCUT2D eigenvalue weighted by atomic mass is 10.1. The fourth-order valence-corrected chi connectivity index (χ4v) is 19.8. The Hall–Kier alpha value is -16.4. The molecule has 18 rings (SSSR count). The van der Waals surface area contributed by atoms with Crippen LogP contribution in [-0.4, -0.2) is 67.8 Å². The summed E-state index contributed by atoms with van der Waals surface area (Å²) < 4.78 is 22.4. The second-order valence-corrected chi connectivity index (χ2v) is 38.1. The highest BCUT2D eigenvalue weighted by Crippen LogP contribution is 2.49. The number of unbranched alkanes of at least 4 members (excludes halogenated alkanes) is 12. The minimum atomic E-state index is 0. The molecule has 12 nitrogen and oxygen atoms in total. The number of benzene rings is 16. The van der Waals surface area contributed by atoms with Gasteiger partial charge in [-0.3, -0.25) is 0 Å². The predicted octanol–water partition coefficient (Wildman–Crippen LogP) is 38.0. The predicted molar refractivity (Wildman–Crippen MR) is 648 cm³/mol. The Labute approximate surface area is 894 Å². The van der Waals surface area contributed by atoms with E-state index in [1.54, 1.807) is 14.2 Å². The maximum atomic E-state index is 6.41. The summed E-state index contributed by atoms with van der Waals surface area (Å²) in [6, 6.07) is 151. The smallest absolute Gasteiger partial charge is 0.257 e. The summed E-state index contributed by atoms with van der Waals surface area (Å²) in [5, 5.41) is 0. The maximum absolute atomic E-state index is 6.41. The molecule has 760 valence electrons. The zero-order valence-electron chi connectivity index (χ0n) is 87.5. The van der Waals surface area contributed by atoms with Gasteiger partial charge in [0, 0.05) is 227 Å². The van der Waals surface area contributed by atoms with Crippen LogP contribution >= 0.6 is 0 Å². The quantitative estimate of drug-likeness (QED) is 0.0213. The first-order chi connectivity index (χ1) is 73.0. The lowest BCUT2D eigenvalue weighted by Gasteiger charge is -2.28. The van der Waals surface area contributed by atoms with Gasteiger partial charge in [-0.25, -0.2) is 4.58 Å². The number of hydrogen-bond donors (Lipinski definition) is 0. The van der Waals surface area contributed by atoms with E-state index in [0.29, 0.717) is 0 Å². The molecule has 0 spiro atoms. The van der Waals surface area contributed by atoms with Crippen LogP contribution in [0.4, 0.5) is 125 Å². The van der Waals surface area contributed by atoms with Gasteiger partial charge in [0.05, 0.1) is 26.0 Å². The van der Waals surface area contributed by atoms with E-state index in [0.717, 1.165) is 174 Å². The molecule has 0 unspecified atom stereocenters. The maximum Gasteiger partial charge on any atom is 0.257 e. The van der Waals surface area contributed by atoms with E-state index in [1.165, 1.54) is 125 Å². The van der Waals surface area contributed by atoms with Crippen LogP contribution in [0.5, 0.6) is 11.5 Å². The Morgan fingerprint density at radius 2 is 0.427 bits per heavy atom. The third-order valence-electron chi connectivity index (χ3n) is 27.6. The number of rotatable bonds is 44. The Bertz CT molecular complexity index is 6340. The molecule has 0 heterocycles. The molecule has 0 radical (unpaired) electrons. The lowest BCUT2D eigenvalue weighted by Crippen LogP contribution is -2.26. The van der Waals surface area contributed by atoms with Crippen molar-refractivity contribution >= 4 is 148 Å². The molecule has 0 atom stereocenters. The average molecular weight is 1980 g/mol. The standard InChI is InChI=1S/C78H60N6.C58H82N4O2.2CH4/c1-9-25-61(26-10-1)79(62-27-11-2-12-28-62)69-41-49-73(50-42-69)83(74-51-43-70(44-52-74)80(63-29-13-3-14-30-63)64-31-15-4-16-32-64)77-57-59-78(60-58-77)84(75-53-45-71(46-54-75)81(65-33-17-5-18-34-65)66-35-19-6-20-36-66)76-55-47-72(48-56-76)82(67-37-21-7-22-38-67)68-39-23-8-24-40-68;1-9-13-17-21-41-59(42-22-18-14-10-2)49-33-37-53(38-34-49)62(54-39-35-50(36-40-54)60(43-23-19-15-11-3)44-24-20-16-12-4)56-46-57(63-7)55(45-58(56)64-8)61(51-29-25-47(5)26-30-51)52-31-27-48(6)28-32-52;;/h1-60H;25-40,45-46H,9-24,41-44H2,1-8H3;2*1H4/q2*+2;;. The third-order valence-corrected chi connectivity index (χ3v) is 27.6. The minimum absolute atomic E-state index is 0. The van der Waals surface area contributed by atoms with Crippen molar-refractivity contribution in [2.24, 2.45) is 0 Å². The van der Waals surface area contributed by atoms with Crippen LogP contribution in [-0.2, 0) is 0 Å². The van der Waals surface area contributed by atoms with Gasteiger partial charge in [0.15, 0.2) is 11.5 Å². The Morgan fingerprint density at radius 3 is 0.687 bits per heavy atom. The van der Waals surface area contributed by atoms with E-state index in [2.05, 4.69) is 562 Å². The topological polar surface area (TPSA) is 49.9 Å². The second-order valence-electron chi connectivity index (χ2n) is 38.1. The molecule has 16 aromatic carbocycles. The van der Waals surface area contributed by atoms with Crippen molar-refractivity contribution in [3.63, 3.8) is 0 Å². The van der Waals surface area contributed by atoms with Crippen LogP contribution in [0, 0.1) is 13.8 Å². The number of anilines is 16. The van der Waals surface area contributed by atoms with E-state index in [-0.39, 0.29) is 14.9 Å². The Balaban J connectivity index is 0.000000230. The average Bonchev–Trinajstić information content (AvgIpc) is 0.568. The first-order valence-electron chi connectivity index (χ1n) is 53.5. The number of aryl methyl sites for hydroxylation is 2. The van der Waals surface area contributed by atoms with Gasteiger partial charge >= 0.3 is 0 Å². The Kier molecular flexibility index (Phi) is 39.8. The van der Waals surface area contributed by atoms with Crippen LogP contribution < -0.4 is 52.6 Å². The zero-order valence-corrected chi connectivity index (χ0v) is 87.5. The van der Waals surface area contributed by atoms with Crippen molar-refractivity contribution in [1.29, 1.82) is 0 Å². The molecule has 150 heavy (non-hydrogen) atoms. The monoisotopic (exact) mass is 1980 g/mol. The van der Waals surface area contributed by atoms with Crippen LogP contribution in [0.25, 0.3) is 0 Å². The molecule has 0 fully saturated rings. The normalized spacial score (nSPS) is 11.7. The van der Waals surface area contributed by atoms with Crippen molar-refractivity contribution in [1.82, 2.24) is 13.7 Å². The van der Waals surface area contributed by atoms with Gasteiger partial charge in [0.1, 0.15) is 18.8 Å². The third kappa shape index (κ3) is 27.5. The molecule has 12 heteroatoms. The molecule has 16 aromatic rings. The molecule has 0 saturated carbocycles. The van der Waals surface area contributed by atoms with Crippen molar-refractivity contribution < 1.29 is 14.0 Å². The molecule has 0 aromatic heterocycles. The number of methoxy groups -OCH3 is 2. The number of nitrogens with zero attached hydrogens (tertiary/aromatic N) is 10. The molecule has 0 N–H and O–H groups in total. The zero-order chi connectivity index (χ0) is 102. The summed E-state index contributed by atoms with van der Waals surface area (Å²) in [7, 11) is 3.56. The molecule has 0 saturated heterocycles. The molecule has 0 bridgehead atoms. The van der Waals surface area contributed by atoms with Gasteiger partial charge in [-0.1, -0.05) is 288 Å².